The van der Waals surface area contributed by atoms with Crippen LogP contribution >= 0.6 is 0 Å². The van der Waals surface area contributed by atoms with Crippen molar-refractivity contribution >= 4 is 0 Å². The number of hydrogen-bond acceptors (Lipinski definition) is 2. The Labute approximate surface area is 73.5 Å². The highest BCUT2D eigenvalue weighted by atomic mass is 16.5. The molecule has 0 atom stereocenters. The van der Waals surface area contributed by atoms with Gasteiger partial charge >= 0.3 is 0 Å². The highest BCUT2D eigenvalue weighted by Crippen LogP contribution is 2.62. The van der Waals surface area contributed by atoms with Gasteiger partial charge in [0.05, 0.1) is 0 Å². The maximum Gasteiger partial charge on any atom is 0.0444 e. The van der Waals surface area contributed by atoms with Gasteiger partial charge in [0.1, 0.15) is 0 Å². The second-order valence-electron chi connectivity index (χ2n) is 5.64. The third-order valence-electron chi connectivity index (χ3n) is 4.50. The van der Waals surface area contributed by atoms with Crippen molar-refractivity contribution in [3.8, 4) is 0 Å². The first-order valence-electron chi connectivity index (χ1n) is 5.03. The summed E-state index contributed by atoms with van der Waals surface area (Å²) in [6.07, 6.45) is 4.90. The van der Waals surface area contributed by atoms with E-state index in [1.54, 1.807) is 5.06 Å². The Kier molecular flexibility index (Phi) is 1.06. The molecule has 68 valence electrons. The zero-order valence-electron chi connectivity index (χ0n) is 7.88. The molecule has 4 rings (SSSR count). The van der Waals surface area contributed by atoms with Gasteiger partial charge in [0.2, 0.25) is 0 Å². The van der Waals surface area contributed by atoms with Crippen molar-refractivity contribution < 1.29 is 5.21 Å². The van der Waals surface area contributed by atoms with Gasteiger partial charge in [0.25, 0.3) is 0 Å². The molecule has 2 aliphatic carbocycles. The minimum Gasteiger partial charge on any atom is -0.313 e. The number of hydrogen-bond donors (Lipinski definition) is 1. The van der Waals surface area contributed by atoms with Crippen molar-refractivity contribution in [3.05, 3.63) is 0 Å². The first-order chi connectivity index (χ1) is 5.54. The van der Waals surface area contributed by atoms with Crippen LogP contribution in [0.15, 0.2) is 0 Å². The fourth-order valence-electron chi connectivity index (χ4n) is 4.23. The quantitative estimate of drug-likeness (QED) is 0.596. The molecule has 0 spiro atoms. The number of rotatable bonds is 0. The lowest BCUT2D eigenvalue weighted by molar-refractivity contribution is -0.252. The van der Waals surface area contributed by atoms with Crippen LogP contribution in [0.4, 0.5) is 0 Å². The third-order valence-corrected chi connectivity index (χ3v) is 4.50. The van der Waals surface area contributed by atoms with E-state index in [2.05, 4.69) is 13.8 Å². The number of hydroxylamine groups is 2. The van der Waals surface area contributed by atoms with Crippen LogP contribution in [-0.2, 0) is 0 Å². The van der Waals surface area contributed by atoms with Gasteiger partial charge in [-0.05, 0) is 51.4 Å². The Morgan fingerprint density at radius 1 is 1.00 bits per heavy atom. The van der Waals surface area contributed by atoms with Crippen molar-refractivity contribution in [1.82, 2.24) is 5.06 Å². The highest BCUT2D eigenvalue weighted by Gasteiger charge is 2.63. The molecule has 2 heterocycles. The molecule has 0 unspecified atom stereocenters. The molecule has 2 saturated carbocycles. The van der Waals surface area contributed by atoms with Gasteiger partial charge in [-0.1, -0.05) is 0 Å². The predicted octanol–water partition coefficient (Wildman–Crippen LogP) is 2.03. The molecule has 4 bridgehead atoms. The molecule has 0 radical (unpaired) electrons. The summed E-state index contributed by atoms with van der Waals surface area (Å²) in [5, 5.41) is 11.7. The lowest BCUT2D eigenvalue weighted by Crippen LogP contribution is -2.58. The molecular weight excluding hydrogens is 150 g/mol. The zero-order chi connectivity index (χ0) is 8.56. The van der Waals surface area contributed by atoms with E-state index >= 15 is 0 Å². The Balaban J connectivity index is 2.07. The molecule has 0 aromatic rings. The standard InChI is InChI=1S/C10H17NO/c1-9-3-7-5-10(2,11(9)12)6-8(7)4-9/h7-8,12H,3-6H2,1-2H3. The molecule has 2 heteroatoms. The van der Waals surface area contributed by atoms with Crippen molar-refractivity contribution in [1.29, 1.82) is 0 Å². The van der Waals surface area contributed by atoms with Crippen LogP contribution in [0.2, 0.25) is 0 Å². The monoisotopic (exact) mass is 167 g/mol. The second-order valence-corrected chi connectivity index (χ2v) is 5.64. The summed E-state index contributed by atoms with van der Waals surface area (Å²) < 4.78 is 0. The number of piperidine rings is 2. The minimum atomic E-state index is 0.126. The third kappa shape index (κ3) is 0.612. The second kappa shape index (κ2) is 1.73. The van der Waals surface area contributed by atoms with Crippen LogP contribution < -0.4 is 0 Å². The van der Waals surface area contributed by atoms with Gasteiger partial charge in [-0.3, -0.25) is 0 Å². The summed E-state index contributed by atoms with van der Waals surface area (Å²) in [6, 6.07) is 0. The summed E-state index contributed by atoms with van der Waals surface area (Å²) in [5.41, 5.74) is 0.251. The SMILES string of the molecule is CC12CC3CC(C)(CC3C1)N2O. The van der Waals surface area contributed by atoms with Gasteiger partial charge < -0.3 is 5.21 Å². The van der Waals surface area contributed by atoms with Crippen molar-refractivity contribution in [3.63, 3.8) is 0 Å². The summed E-state index contributed by atoms with van der Waals surface area (Å²) >= 11 is 0. The fraction of sp³-hybridized carbons (Fsp3) is 1.00. The summed E-state index contributed by atoms with van der Waals surface area (Å²) in [4.78, 5) is 0. The first-order valence-corrected chi connectivity index (χ1v) is 5.03. The smallest absolute Gasteiger partial charge is 0.0444 e. The van der Waals surface area contributed by atoms with Gasteiger partial charge in [-0.15, -0.1) is 0 Å². The van der Waals surface area contributed by atoms with E-state index in [0.717, 1.165) is 11.8 Å². The number of nitrogens with zero attached hydrogens (tertiary/aromatic N) is 1. The van der Waals surface area contributed by atoms with E-state index in [1.165, 1.54) is 25.7 Å². The largest absolute Gasteiger partial charge is 0.313 e. The highest BCUT2D eigenvalue weighted by molar-refractivity contribution is 5.14. The maximum atomic E-state index is 10.1. The van der Waals surface area contributed by atoms with Crippen molar-refractivity contribution in [2.75, 3.05) is 0 Å². The van der Waals surface area contributed by atoms with E-state index in [9.17, 15) is 5.21 Å². The Hall–Kier alpha value is -0.0800. The van der Waals surface area contributed by atoms with Crippen LogP contribution in [0.3, 0.4) is 0 Å². The summed E-state index contributed by atoms with van der Waals surface area (Å²) in [5.74, 6) is 1.84. The van der Waals surface area contributed by atoms with Crippen LogP contribution in [0, 0.1) is 11.8 Å². The van der Waals surface area contributed by atoms with Crippen LogP contribution in [0.25, 0.3) is 0 Å². The molecule has 12 heavy (non-hydrogen) atoms. The molecule has 2 aliphatic heterocycles. The van der Waals surface area contributed by atoms with Gasteiger partial charge in [-0.25, -0.2) is 0 Å². The molecule has 0 aromatic carbocycles. The van der Waals surface area contributed by atoms with E-state index in [0.29, 0.717) is 0 Å². The molecule has 0 aromatic heterocycles. The summed E-state index contributed by atoms with van der Waals surface area (Å²) in [7, 11) is 0. The summed E-state index contributed by atoms with van der Waals surface area (Å²) in [6.45, 7) is 4.44. The molecule has 4 fully saturated rings. The Morgan fingerprint density at radius 2 is 1.33 bits per heavy atom. The van der Waals surface area contributed by atoms with E-state index in [-0.39, 0.29) is 11.1 Å². The molecular formula is C10H17NO. The molecule has 2 nitrogen and oxygen atoms in total. The predicted molar refractivity (Wildman–Crippen MR) is 45.9 cm³/mol. The van der Waals surface area contributed by atoms with Crippen LogP contribution in [0.1, 0.15) is 39.5 Å². The van der Waals surface area contributed by atoms with Gasteiger partial charge in [-0.2, -0.15) is 5.06 Å². The van der Waals surface area contributed by atoms with Crippen molar-refractivity contribution in [2.45, 2.75) is 50.6 Å². The van der Waals surface area contributed by atoms with Crippen LogP contribution in [-0.4, -0.2) is 21.3 Å². The lowest BCUT2D eigenvalue weighted by Gasteiger charge is -2.50. The molecule has 0 amide bonds. The molecule has 2 saturated heterocycles. The topological polar surface area (TPSA) is 23.5 Å². The van der Waals surface area contributed by atoms with Crippen molar-refractivity contribution in [2.24, 2.45) is 11.8 Å². The van der Waals surface area contributed by atoms with E-state index in [4.69, 9.17) is 0 Å². The van der Waals surface area contributed by atoms with Crippen LogP contribution in [0.5, 0.6) is 0 Å². The van der Waals surface area contributed by atoms with Gasteiger partial charge in [0.15, 0.2) is 0 Å². The zero-order valence-corrected chi connectivity index (χ0v) is 7.88. The van der Waals surface area contributed by atoms with E-state index < -0.39 is 0 Å². The average molecular weight is 167 g/mol. The first kappa shape index (κ1) is 7.34. The maximum absolute atomic E-state index is 10.1. The Bertz CT molecular complexity index is 202. The van der Waals surface area contributed by atoms with E-state index in [1.807, 2.05) is 0 Å². The fourth-order valence-corrected chi connectivity index (χ4v) is 4.23. The minimum absolute atomic E-state index is 0.126. The Morgan fingerprint density at radius 3 is 1.67 bits per heavy atom. The van der Waals surface area contributed by atoms with Gasteiger partial charge in [0, 0.05) is 11.1 Å². The molecule has 4 aliphatic rings. The normalized spacial score (nSPS) is 63.2. The molecule has 1 N–H and O–H groups in total. The lowest BCUT2D eigenvalue weighted by atomic mass is 9.80. The average Bonchev–Trinajstić information content (AvgIpc) is 2.34.